The number of piperazine rings is 1. The summed E-state index contributed by atoms with van der Waals surface area (Å²) < 4.78 is 2.09. The van der Waals surface area contributed by atoms with Gasteiger partial charge in [-0.1, -0.05) is 30.3 Å². The smallest absolute Gasteiger partial charge is 0.246 e. The molecule has 4 heterocycles. The molecule has 7 nitrogen and oxygen atoms in total. The summed E-state index contributed by atoms with van der Waals surface area (Å²) in [6, 6.07) is 14.2. The lowest BCUT2D eigenvalue weighted by Crippen LogP contribution is -2.48. The van der Waals surface area contributed by atoms with Gasteiger partial charge in [0.1, 0.15) is 11.5 Å². The number of anilines is 1. The van der Waals surface area contributed by atoms with Gasteiger partial charge >= 0.3 is 0 Å². The molecule has 1 aromatic carbocycles. The van der Waals surface area contributed by atoms with E-state index in [-0.39, 0.29) is 43.1 Å². The van der Waals surface area contributed by atoms with E-state index in [1.807, 2.05) is 42.3 Å². The molecule has 1 saturated heterocycles. The maximum Gasteiger partial charge on any atom is 0.246 e. The highest BCUT2D eigenvalue weighted by Gasteiger charge is 2.21. The lowest BCUT2D eigenvalue weighted by Gasteiger charge is -2.34. The summed E-state index contributed by atoms with van der Waals surface area (Å²) in [7, 11) is 2.02. The largest absolute Gasteiger partial charge is 0.352 e. The molecule has 1 fully saturated rings. The number of fused-ring (bicyclic) bond motifs is 1. The van der Waals surface area contributed by atoms with Crippen molar-refractivity contribution in [1.82, 2.24) is 24.4 Å². The summed E-state index contributed by atoms with van der Waals surface area (Å²) in [6.07, 6.45) is 10.5. The van der Waals surface area contributed by atoms with Crippen LogP contribution < -0.4 is 4.90 Å². The molecular weight excluding hydrogens is 507 g/mol. The lowest BCUT2D eigenvalue weighted by molar-refractivity contribution is -0.126. The first-order chi connectivity index (χ1) is 15.7. The van der Waals surface area contributed by atoms with Crippen LogP contribution in [0.5, 0.6) is 0 Å². The molecule has 184 valence electrons. The fourth-order valence-electron chi connectivity index (χ4n) is 4.27. The zero-order valence-corrected chi connectivity index (χ0v) is 21.6. The lowest BCUT2D eigenvalue weighted by atomic mass is 10.1. The fraction of sp³-hybridized carbons (Fsp3) is 0.200. The zero-order chi connectivity index (χ0) is 21.9. The Labute approximate surface area is 223 Å². The molecule has 1 aliphatic rings. The van der Waals surface area contributed by atoms with Crippen LogP contribution in [-0.4, -0.2) is 56.5 Å². The highest BCUT2D eigenvalue weighted by atomic mass is 35.5. The van der Waals surface area contributed by atoms with Crippen LogP contribution >= 0.6 is 37.2 Å². The highest BCUT2D eigenvalue weighted by Crippen LogP contribution is 2.33. The Morgan fingerprint density at radius 1 is 0.886 bits per heavy atom. The first-order valence-electron chi connectivity index (χ1n) is 10.7. The van der Waals surface area contributed by atoms with Crippen molar-refractivity contribution in [3.8, 4) is 11.3 Å². The van der Waals surface area contributed by atoms with E-state index in [1.54, 1.807) is 30.9 Å². The molecule has 5 rings (SSSR count). The number of carbonyl (C=O) groups excluding carboxylic acids is 1. The van der Waals surface area contributed by atoms with Gasteiger partial charge in [-0.05, 0) is 23.8 Å². The minimum absolute atomic E-state index is 0. The van der Waals surface area contributed by atoms with Gasteiger partial charge in [-0.3, -0.25) is 9.78 Å². The van der Waals surface area contributed by atoms with Crippen LogP contribution in [0.1, 0.15) is 5.56 Å². The molecule has 3 aromatic heterocycles. The van der Waals surface area contributed by atoms with E-state index in [9.17, 15) is 4.79 Å². The summed E-state index contributed by atoms with van der Waals surface area (Å²) in [5, 5.41) is 1.03. The molecule has 0 unspecified atom stereocenters. The average molecular weight is 534 g/mol. The van der Waals surface area contributed by atoms with E-state index < -0.39 is 0 Å². The number of hydrogen-bond acceptors (Lipinski definition) is 5. The van der Waals surface area contributed by atoms with Gasteiger partial charge in [-0.25, -0.2) is 9.97 Å². The Bertz CT molecular complexity index is 1270. The normalized spacial score (nSPS) is 13.2. The Morgan fingerprint density at radius 3 is 2.31 bits per heavy atom. The first-order valence-corrected chi connectivity index (χ1v) is 10.7. The van der Waals surface area contributed by atoms with Gasteiger partial charge < -0.3 is 14.4 Å². The third kappa shape index (κ3) is 5.75. The number of pyridine rings is 1. The Morgan fingerprint density at radius 2 is 1.63 bits per heavy atom. The van der Waals surface area contributed by atoms with E-state index in [0.717, 1.165) is 46.8 Å². The molecule has 0 radical (unpaired) electrons. The monoisotopic (exact) mass is 532 g/mol. The number of rotatable bonds is 4. The van der Waals surface area contributed by atoms with Crippen LogP contribution in [0.15, 0.2) is 73.3 Å². The summed E-state index contributed by atoms with van der Waals surface area (Å²) in [5.41, 5.74) is 4.05. The second-order valence-corrected chi connectivity index (χ2v) is 7.77. The van der Waals surface area contributed by atoms with Gasteiger partial charge in [0, 0.05) is 68.8 Å². The van der Waals surface area contributed by atoms with Crippen molar-refractivity contribution in [2.45, 2.75) is 0 Å². The second-order valence-electron chi connectivity index (χ2n) is 7.77. The molecular formula is C25H27Cl3N6O. The minimum Gasteiger partial charge on any atom is -0.352 e. The fourth-order valence-corrected chi connectivity index (χ4v) is 4.27. The van der Waals surface area contributed by atoms with Crippen LogP contribution in [0.3, 0.4) is 0 Å². The van der Waals surface area contributed by atoms with Crippen molar-refractivity contribution >= 4 is 66.1 Å². The van der Waals surface area contributed by atoms with E-state index in [1.165, 1.54) is 0 Å². The number of halogens is 3. The Hall–Kier alpha value is -3.13. The third-order valence-corrected chi connectivity index (χ3v) is 5.89. The molecule has 0 spiro atoms. The number of benzene rings is 1. The van der Waals surface area contributed by atoms with Crippen molar-refractivity contribution < 1.29 is 4.79 Å². The number of aryl methyl sites for hydroxylation is 1. The molecule has 0 saturated carbocycles. The molecule has 10 heteroatoms. The second kappa shape index (κ2) is 12.5. The van der Waals surface area contributed by atoms with Crippen LogP contribution in [-0.2, 0) is 11.8 Å². The van der Waals surface area contributed by atoms with E-state index >= 15 is 0 Å². The van der Waals surface area contributed by atoms with Gasteiger partial charge in [-0.2, -0.15) is 0 Å². The predicted octanol–water partition coefficient (Wildman–Crippen LogP) is 4.66. The molecule has 4 aromatic rings. The van der Waals surface area contributed by atoms with Crippen molar-refractivity contribution in [3.63, 3.8) is 0 Å². The van der Waals surface area contributed by atoms with Gasteiger partial charge in [0.05, 0.1) is 11.9 Å². The molecule has 1 amide bonds. The number of carbonyl (C=O) groups is 1. The number of aromatic nitrogens is 4. The molecule has 0 bridgehead atoms. The summed E-state index contributed by atoms with van der Waals surface area (Å²) in [6.45, 7) is 2.79. The van der Waals surface area contributed by atoms with Crippen molar-refractivity contribution in [2.75, 3.05) is 31.1 Å². The quantitative estimate of drug-likeness (QED) is 0.357. The number of nitrogens with zero attached hydrogens (tertiary/aromatic N) is 6. The van der Waals surface area contributed by atoms with Crippen LogP contribution in [0, 0.1) is 0 Å². The van der Waals surface area contributed by atoms with Gasteiger partial charge in [0.25, 0.3) is 0 Å². The average Bonchev–Trinajstić information content (AvgIpc) is 3.15. The maximum absolute atomic E-state index is 13.0. The van der Waals surface area contributed by atoms with Crippen molar-refractivity contribution in [2.24, 2.45) is 7.05 Å². The minimum atomic E-state index is 0. The summed E-state index contributed by atoms with van der Waals surface area (Å²) in [4.78, 5) is 30.1. The number of hydrogen-bond donors (Lipinski definition) is 0. The molecule has 0 atom stereocenters. The Balaban J connectivity index is 0.00000144. The molecule has 35 heavy (non-hydrogen) atoms. The molecule has 1 aliphatic heterocycles. The topological polar surface area (TPSA) is 67.2 Å². The number of amides is 1. The summed E-state index contributed by atoms with van der Waals surface area (Å²) in [5.74, 6) is 0.870. The predicted molar refractivity (Wildman–Crippen MR) is 148 cm³/mol. The standard InChI is InChI=1S/C25H24N6O.3ClH/c1-29-24(19-6-3-2-4-7-19)20(21-8-5-11-28-25(21)29)9-10-23(32)31-16-14-30(15-17-31)22-18-26-12-13-27-22;;;/h2-13,18H,14-17H2,1H3;3*1H/b10-9+;;;. The van der Waals surface area contributed by atoms with E-state index in [4.69, 9.17) is 0 Å². The SMILES string of the molecule is Cl.Cl.Cl.Cn1c(-c2ccccc2)c(/C=C/C(=O)N2CCN(c3cnccn3)CC2)c2cccnc21. The molecule has 0 N–H and O–H groups in total. The van der Waals surface area contributed by atoms with E-state index in [2.05, 4.69) is 42.6 Å². The van der Waals surface area contributed by atoms with Crippen LogP contribution in [0.2, 0.25) is 0 Å². The first kappa shape index (κ1) is 28.1. The van der Waals surface area contributed by atoms with Crippen molar-refractivity contribution in [3.05, 3.63) is 78.9 Å². The van der Waals surface area contributed by atoms with E-state index in [0.29, 0.717) is 13.1 Å². The van der Waals surface area contributed by atoms with Gasteiger partial charge in [-0.15, -0.1) is 37.2 Å². The maximum atomic E-state index is 13.0. The highest BCUT2D eigenvalue weighted by molar-refractivity contribution is 6.00. The van der Waals surface area contributed by atoms with Crippen LogP contribution in [0.4, 0.5) is 5.82 Å². The molecule has 0 aliphatic carbocycles. The van der Waals surface area contributed by atoms with Crippen molar-refractivity contribution in [1.29, 1.82) is 0 Å². The van der Waals surface area contributed by atoms with Gasteiger partial charge in [0.15, 0.2) is 0 Å². The third-order valence-electron chi connectivity index (χ3n) is 5.89. The van der Waals surface area contributed by atoms with Gasteiger partial charge in [0.2, 0.25) is 5.91 Å². The van der Waals surface area contributed by atoms with Crippen LogP contribution in [0.25, 0.3) is 28.4 Å². The summed E-state index contributed by atoms with van der Waals surface area (Å²) >= 11 is 0. The Kier molecular flexibility index (Phi) is 10.1. The zero-order valence-electron chi connectivity index (χ0n) is 19.2.